The second-order valence-corrected chi connectivity index (χ2v) is 6.16. The zero-order valence-electron chi connectivity index (χ0n) is 14.3. The van der Waals surface area contributed by atoms with Crippen LogP contribution in [0.4, 0.5) is 4.39 Å². The fourth-order valence-corrected chi connectivity index (χ4v) is 2.99. The molecule has 1 unspecified atom stereocenters. The van der Waals surface area contributed by atoms with Gasteiger partial charge in [-0.2, -0.15) is 0 Å². The third-order valence-corrected chi connectivity index (χ3v) is 4.12. The van der Waals surface area contributed by atoms with Gasteiger partial charge in [0.1, 0.15) is 5.82 Å². The van der Waals surface area contributed by atoms with Crippen LogP contribution in [0.2, 0.25) is 0 Å². The van der Waals surface area contributed by atoms with Crippen molar-refractivity contribution in [3.8, 4) is 0 Å². The molecule has 1 atom stereocenters. The molecule has 4 nitrogen and oxygen atoms in total. The lowest BCUT2D eigenvalue weighted by atomic mass is 10.1. The first-order chi connectivity index (χ1) is 11.2. The van der Waals surface area contributed by atoms with Crippen LogP contribution in [-0.4, -0.2) is 43.6 Å². The van der Waals surface area contributed by atoms with Crippen molar-refractivity contribution < 1.29 is 4.39 Å². The summed E-state index contributed by atoms with van der Waals surface area (Å²) >= 11 is 0. The van der Waals surface area contributed by atoms with Gasteiger partial charge in [-0.3, -0.25) is 0 Å². The Morgan fingerprint density at radius 2 is 2.22 bits per heavy atom. The normalized spacial score (nSPS) is 19.1. The number of guanidine groups is 1. The van der Waals surface area contributed by atoms with Crippen LogP contribution in [0, 0.1) is 11.7 Å². The monoisotopic (exact) mass is 320 g/mol. The molecule has 1 heterocycles. The van der Waals surface area contributed by atoms with Crippen molar-refractivity contribution in [1.82, 2.24) is 15.5 Å². The van der Waals surface area contributed by atoms with Crippen LogP contribution in [0.15, 0.2) is 29.3 Å². The van der Waals surface area contributed by atoms with Gasteiger partial charge in [0.25, 0.3) is 0 Å². The Balaban J connectivity index is 1.82. The minimum absolute atomic E-state index is 0.211. The van der Waals surface area contributed by atoms with Crippen molar-refractivity contribution in [2.45, 2.75) is 33.2 Å². The number of halogens is 1. The molecule has 0 bridgehead atoms. The summed E-state index contributed by atoms with van der Waals surface area (Å²) in [5.41, 5.74) is 0.886. The lowest BCUT2D eigenvalue weighted by molar-refractivity contribution is 0.324. The maximum Gasteiger partial charge on any atom is 0.191 e. The fraction of sp³-hybridized carbons (Fsp3) is 0.611. The van der Waals surface area contributed by atoms with E-state index >= 15 is 0 Å². The Morgan fingerprint density at radius 1 is 1.35 bits per heavy atom. The molecule has 1 aromatic carbocycles. The molecular formula is C18H29FN4. The lowest BCUT2D eigenvalue weighted by Crippen LogP contribution is -2.40. The van der Waals surface area contributed by atoms with Gasteiger partial charge in [0, 0.05) is 19.6 Å². The highest BCUT2D eigenvalue weighted by Crippen LogP contribution is 2.15. The molecule has 1 saturated heterocycles. The van der Waals surface area contributed by atoms with Crippen molar-refractivity contribution >= 4 is 5.96 Å². The van der Waals surface area contributed by atoms with Crippen LogP contribution in [0.1, 0.15) is 32.3 Å². The molecule has 23 heavy (non-hydrogen) atoms. The molecule has 1 aromatic rings. The molecule has 0 radical (unpaired) electrons. The molecule has 0 amide bonds. The van der Waals surface area contributed by atoms with Gasteiger partial charge >= 0.3 is 0 Å². The predicted octanol–water partition coefficient (Wildman–Crippen LogP) is 2.61. The van der Waals surface area contributed by atoms with Crippen molar-refractivity contribution in [3.05, 3.63) is 35.6 Å². The first kappa shape index (κ1) is 17.7. The summed E-state index contributed by atoms with van der Waals surface area (Å²) in [6.45, 7) is 10.1. The topological polar surface area (TPSA) is 39.7 Å². The molecular weight excluding hydrogens is 291 g/mol. The number of benzene rings is 1. The maximum absolute atomic E-state index is 13.2. The second-order valence-electron chi connectivity index (χ2n) is 6.16. The van der Waals surface area contributed by atoms with Crippen LogP contribution in [0.5, 0.6) is 0 Å². The van der Waals surface area contributed by atoms with Crippen LogP contribution in [0.3, 0.4) is 0 Å². The summed E-state index contributed by atoms with van der Waals surface area (Å²) < 4.78 is 13.2. The summed E-state index contributed by atoms with van der Waals surface area (Å²) in [5, 5.41) is 6.69. The van der Waals surface area contributed by atoms with Crippen molar-refractivity contribution in [3.63, 3.8) is 0 Å². The van der Waals surface area contributed by atoms with E-state index in [1.807, 2.05) is 6.07 Å². The van der Waals surface area contributed by atoms with E-state index in [9.17, 15) is 4.39 Å². The SMILES string of the molecule is CCCN1CCC(CNC(=NCc2cccc(F)c2)NCC)C1. The smallest absolute Gasteiger partial charge is 0.191 e. The minimum atomic E-state index is -0.211. The average Bonchev–Trinajstić information content (AvgIpc) is 2.98. The standard InChI is InChI=1S/C18H29FN4/c1-3-9-23-10-8-16(14-23)13-22-18(20-4-2)21-12-15-6-5-7-17(19)11-15/h5-7,11,16H,3-4,8-10,12-14H2,1-2H3,(H2,20,21,22). The first-order valence-electron chi connectivity index (χ1n) is 8.70. The predicted molar refractivity (Wildman–Crippen MR) is 94.1 cm³/mol. The highest BCUT2D eigenvalue weighted by atomic mass is 19.1. The van der Waals surface area contributed by atoms with Gasteiger partial charge in [-0.05, 0) is 56.5 Å². The highest BCUT2D eigenvalue weighted by molar-refractivity contribution is 5.79. The van der Waals surface area contributed by atoms with Crippen LogP contribution < -0.4 is 10.6 Å². The minimum Gasteiger partial charge on any atom is -0.357 e. The van der Waals surface area contributed by atoms with Gasteiger partial charge in [0.05, 0.1) is 6.54 Å². The second kappa shape index (κ2) is 9.50. The number of nitrogens with one attached hydrogen (secondary N) is 2. The van der Waals surface area contributed by atoms with Gasteiger partial charge in [0.15, 0.2) is 5.96 Å². The Bertz CT molecular complexity index is 504. The quantitative estimate of drug-likeness (QED) is 0.599. The van der Waals surface area contributed by atoms with Crippen molar-refractivity contribution in [2.75, 3.05) is 32.7 Å². The van der Waals surface area contributed by atoms with Crippen molar-refractivity contribution in [2.24, 2.45) is 10.9 Å². The molecule has 0 aliphatic carbocycles. The Kier molecular flexibility index (Phi) is 7.33. The molecule has 1 fully saturated rings. The van der Waals surface area contributed by atoms with Gasteiger partial charge < -0.3 is 15.5 Å². The van der Waals surface area contributed by atoms with E-state index in [2.05, 4.69) is 34.4 Å². The van der Waals surface area contributed by atoms with Crippen LogP contribution in [0.25, 0.3) is 0 Å². The third kappa shape index (κ3) is 6.18. The molecule has 5 heteroatoms. The largest absolute Gasteiger partial charge is 0.357 e. The number of hydrogen-bond donors (Lipinski definition) is 2. The van der Waals surface area contributed by atoms with Gasteiger partial charge in [-0.1, -0.05) is 19.1 Å². The summed E-state index contributed by atoms with van der Waals surface area (Å²) in [6, 6.07) is 6.61. The van der Waals surface area contributed by atoms with Gasteiger partial charge in [-0.15, -0.1) is 0 Å². The summed E-state index contributed by atoms with van der Waals surface area (Å²) in [4.78, 5) is 7.09. The Labute approximate surface area is 139 Å². The molecule has 128 valence electrons. The average molecular weight is 320 g/mol. The number of likely N-dealkylation sites (tertiary alicyclic amines) is 1. The maximum atomic E-state index is 13.2. The number of nitrogens with zero attached hydrogens (tertiary/aromatic N) is 2. The molecule has 0 saturated carbocycles. The highest BCUT2D eigenvalue weighted by Gasteiger charge is 2.21. The first-order valence-corrected chi connectivity index (χ1v) is 8.70. The Hall–Kier alpha value is -1.62. The summed E-state index contributed by atoms with van der Waals surface area (Å²) in [7, 11) is 0. The fourth-order valence-electron chi connectivity index (χ4n) is 2.99. The summed E-state index contributed by atoms with van der Waals surface area (Å²) in [5.74, 6) is 1.28. The van der Waals surface area contributed by atoms with Crippen molar-refractivity contribution in [1.29, 1.82) is 0 Å². The summed E-state index contributed by atoms with van der Waals surface area (Å²) in [6.07, 6.45) is 2.47. The van der Waals surface area contributed by atoms with Gasteiger partial charge in [-0.25, -0.2) is 9.38 Å². The number of rotatable bonds is 7. The van der Waals surface area contributed by atoms with Gasteiger partial charge in [0.2, 0.25) is 0 Å². The van der Waals surface area contributed by atoms with E-state index in [1.54, 1.807) is 6.07 Å². The molecule has 0 aromatic heterocycles. The number of aliphatic imine (C=N–C) groups is 1. The van der Waals surface area contributed by atoms with E-state index in [1.165, 1.54) is 44.6 Å². The molecule has 2 rings (SSSR count). The zero-order valence-corrected chi connectivity index (χ0v) is 14.3. The molecule has 2 N–H and O–H groups in total. The molecule has 1 aliphatic rings. The van der Waals surface area contributed by atoms with E-state index in [4.69, 9.17) is 0 Å². The van der Waals surface area contributed by atoms with Crippen LogP contribution >= 0.6 is 0 Å². The molecule has 0 spiro atoms. The third-order valence-electron chi connectivity index (χ3n) is 4.12. The van der Waals surface area contributed by atoms with E-state index in [0.29, 0.717) is 12.5 Å². The number of hydrogen-bond acceptors (Lipinski definition) is 2. The molecule has 1 aliphatic heterocycles. The van der Waals surface area contributed by atoms with E-state index in [-0.39, 0.29) is 5.82 Å². The van der Waals surface area contributed by atoms with E-state index < -0.39 is 0 Å². The zero-order chi connectivity index (χ0) is 16.5. The van der Waals surface area contributed by atoms with E-state index in [0.717, 1.165) is 24.6 Å². The Morgan fingerprint density at radius 3 is 2.96 bits per heavy atom. The van der Waals surface area contributed by atoms with Crippen LogP contribution in [-0.2, 0) is 6.54 Å². The lowest BCUT2D eigenvalue weighted by Gasteiger charge is -2.17.